The minimum atomic E-state index is -2.87. The van der Waals surface area contributed by atoms with Gasteiger partial charge in [-0.1, -0.05) is 30.3 Å². The summed E-state index contributed by atoms with van der Waals surface area (Å²) in [6.45, 7) is 0. The molecule has 2 heterocycles. The third kappa shape index (κ3) is 2.03. The predicted molar refractivity (Wildman–Crippen MR) is 71.1 cm³/mol. The maximum absolute atomic E-state index is 14.1. The summed E-state index contributed by atoms with van der Waals surface area (Å²) in [6.07, 6.45) is -2.91. The number of hydrogen-bond acceptors (Lipinski definition) is 3. The largest absolute Gasteiger partial charge is 0.384 e. The quantitative estimate of drug-likeness (QED) is 0.948. The van der Waals surface area contributed by atoms with E-state index in [4.69, 9.17) is 0 Å². The highest BCUT2D eigenvalue weighted by Gasteiger charge is 2.61. The summed E-state index contributed by atoms with van der Waals surface area (Å²) < 4.78 is 41.7. The zero-order valence-electron chi connectivity index (χ0n) is 11.5. The third-order valence-corrected chi connectivity index (χ3v) is 4.38. The van der Waals surface area contributed by atoms with E-state index in [0.717, 1.165) is 5.56 Å². The van der Waals surface area contributed by atoms with Gasteiger partial charge in [0.05, 0.1) is 12.0 Å². The number of alkyl halides is 3. The van der Waals surface area contributed by atoms with Gasteiger partial charge in [0, 0.05) is 12.8 Å². The molecule has 4 atom stereocenters. The van der Waals surface area contributed by atoms with Crippen molar-refractivity contribution in [3.05, 3.63) is 47.5 Å². The summed E-state index contributed by atoms with van der Waals surface area (Å²) in [5.74, 6) is -4.04. The van der Waals surface area contributed by atoms with Crippen molar-refractivity contribution in [1.29, 1.82) is 0 Å². The van der Waals surface area contributed by atoms with Crippen LogP contribution in [0.4, 0.5) is 13.2 Å². The van der Waals surface area contributed by atoms with Crippen molar-refractivity contribution in [2.24, 2.45) is 5.92 Å². The van der Waals surface area contributed by atoms with Crippen LogP contribution in [0.25, 0.3) is 0 Å². The van der Waals surface area contributed by atoms with Gasteiger partial charge in [0.1, 0.15) is 6.10 Å². The molecule has 0 bridgehead atoms. The Balaban J connectivity index is 1.66. The first-order chi connectivity index (χ1) is 10.5. The van der Waals surface area contributed by atoms with Gasteiger partial charge in [-0.3, -0.25) is 0 Å². The molecule has 22 heavy (non-hydrogen) atoms. The van der Waals surface area contributed by atoms with Crippen molar-refractivity contribution in [3.8, 4) is 0 Å². The molecular weight excluding hydrogens is 295 g/mol. The highest BCUT2D eigenvalue weighted by Crippen LogP contribution is 2.55. The van der Waals surface area contributed by atoms with Gasteiger partial charge in [-0.25, -0.2) is 22.8 Å². The zero-order chi connectivity index (χ0) is 15.5. The van der Waals surface area contributed by atoms with Gasteiger partial charge in [0.2, 0.25) is 0 Å². The summed E-state index contributed by atoms with van der Waals surface area (Å²) in [6, 6.07) is 8.95. The van der Waals surface area contributed by atoms with E-state index in [2.05, 4.69) is 10.1 Å². The molecule has 1 aromatic carbocycles. The second-order valence-corrected chi connectivity index (χ2v) is 5.92. The number of hydrogen-bond donors (Lipinski definition) is 1. The standard InChI is InChI=1S/C15H14F3N3O/c16-10-6-11(8-4-2-1-3-5-8)21-14(10)19-13(20-21)12(22)9-7-15(9,17)18/h1-5,9-12,22H,6-7H2. The molecule has 7 heteroatoms. The number of aliphatic hydroxyl groups excluding tert-OH is 1. The van der Waals surface area contributed by atoms with Gasteiger partial charge in [-0.2, -0.15) is 5.10 Å². The molecule has 1 aromatic heterocycles. The molecule has 1 N–H and O–H groups in total. The van der Waals surface area contributed by atoms with Crippen LogP contribution in [0.2, 0.25) is 0 Å². The Morgan fingerprint density at radius 1 is 1.27 bits per heavy atom. The summed E-state index contributed by atoms with van der Waals surface area (Å²) in [4.78, 5) is 3.97. The summed E-state index contributed by atoms with van der Waals surface area (Å²) in [5, 5.41) is 14.1. The van der Waals surface area contributed by atoms with Crippen LogP contribution in [-0.2, 0) is 0 Å². The Bertz CT molecular complexity index is 703. The topological polar surface area (TPSA) is 50.9 Å². The lowest BCUT2D eigenvalue weighted by Gasteiger charge is -2.12. The molecule has 1 saturated carbocycles. The molecule has 1 aliphatic carbocycles. The minimum Gasteiger partial charge on any atom is -0.384 e. The van der Waals surface area contributed by atoms with E-state index in [-0.39, 0.29) is 30.5 Å². The van der Waals surface area contributed by atoms with E-state index in [0.29, 0.717) is 0 Å². The second kappa shape index (κ2) is 4.55. The summed E-state index contributed by atoms with van der Waals surface area (Å²) in [5.41, 5.74) is 0.881. The average molecular weight is 309 g/mol. The van der Waals surface area contributed by atoms with Gasteiger partial charge >= 0.3 is 0 Å². The minimum absolute atomic E-state index is 0.104. The van der Waals surface area contributed by atoms with Crippen molar-refractivity contribution in [3.63, 3.8) is 0 Å². The summed E-state index contributed by atoms with van der Waals surface area (Å²) in [7, 11) is 0. The molecule has 0 spiro atoms. The van der Waals surface area contributed by atoms with Crippen molar-refractivity contribution in [1.82, 2.24) is 14.8 Å². The first-order valence-corrected chi connectivity index (χ1v) is 7.18. The highest BCUT2D eigenvalue weighted by molar-refractivity contribution is 5.24. The third-order valence-electron chi connectivity index (χ3n) is 4.38. The van der Waals surface area contributed by atoms with Crippen LogP contribution in [0.3, 0.4) is 0 Å². The molecule has 116 valence electrons. The smallest absolute Gasteiger partial charge is 0.254 e. The number of aliphatic hydroxyl groups is 1. The van der Waals surface area contributed by atoms with Crippen LogP contribution in [-0.4, -0.2) is 25.8 Å². The average Bonchev–Trinajstić information content (AvgIpc) is 2.87. The van der Waals surface area contributed by atoms with Gasteiger partial charge in [-0.05, 0) is 5.56 Å². The molecule has 1 aliphatic heterocycles. The number of benzene rings is 1. The number of aromatic nitrogens is 3. The SMILES string of the molecule is OC(c1nc2n(n1)C(c1ccccc1)CC2F)C1CC1(F)F. The molecule has 4 nitrogen and oxygen atoms in total. The molecular formula is C15H14F3N3O. The molecule has 1 fully saturated rings. The fourth-order valence-electron chi connectivity index (χ4n) is 3.03. The van der Waals surface area contributed by atoms with Crippen LogP contribution in [0.1, 0.15) is 48.4 Å². The molecule has 4 unspecified atom stereocenters. The molecule has 2 aliphatic rings. The van der Waals surface area contributed by atoms with Crippen molar-refractivity contribution >= 4 is 0 Å². The molecule has 0 amide bonds. The zero-order valence-corrected chi connectivity index (χ0v) is 11.5. The van der Waals surface area contributed by atoms with Crippen LogP contribution < -0.4 is 0 Å². The first-order valence-electron chi connectivity index (χ1n) is 7.18. The lowest BCUT2D eigenvalue weighted by molar-refractivity contribution is 0.0440. The predicted octanol–water partition coefficient (Wildman–Crippen LogP) is 2.97. The van der Waals surface area contributed by atoms with E-state index in [1.807, 2.05) is 30.3 Å². The number of nitrogens with zero attached hydrogens (tertiary/aromatic N) is 3. The van der Waals surface area contributed by atoms with Gasteiger partial charge in [0.25, 0.3) is 5.92 Å². The van der Waals surface area contributed by atoms with Crippen LogP contribution in [0, 0.1) is 5.92 Å². The van der Waals surface area contributed by atoms with E-state index >= 15 is 0 Å². The van der Waals surface area contributed by atoms with Crippen LogP contribution in [0.15, 0.2) is 30.3 Å². The monoisotopic (exact) mass is 309 g/mol. The lowest BCUT2D eigenvalue weighted by atomic mass is 10.0. The molecule has 2 aromatic rings. The van der Waals surface area contributed by atoms with Gasteiger partial charge < -0.3 is 5.11 Å². The number of rotatable bonds is 3. The fraction of sp³-hybridized carbons (Fsp3) is 0.467. The van der Waals surface area contributed by atoms with Gasteiger partial charge in [-0.15, -0.1) is 0 Å². The number of fused-ring (bicyclic) bond motifs is 1. The normalized spacial score (nSPS) is 30.1. The Labute approximate surface area is 124 Å². The molecule has 4 rings (SSSR count). The van der Waals surface area contributed by atoms with Crippen molar-refractivity contribution in [2.45, 2.75) is 37.1 Å². The van der Waals surface area contributed by atoms with Crippen LogP contribution >= 0.6 is 0 Å². The summed E-state index contributed by atoms with van der Waals surface area (Å²) >= 11 is 0. The Morgan fingerprint density at radius 2 is 1.95 bits per heavy atom. The van der Waals surface area contributed by atoms with E-state index in [1.165, 1.54) is 4.68 Å². The van der Waals surface area contributed by atoms with E-state index in [1.54, 1.807) is 0 Å². The highest BCUT2D eigenvalue weighted by atomic mass is 19.3. The van der Waals surface area contributed by atoms with Crippen molar-refractivity contribution < 1.29 is 18.3 Å². The first kappa shape index (κ1) is 13.8. The van der Waals surface area contributed by atoms with Gasteiger partial charge in [0.15, 0.2) is 17.8 Å². The van der Waals surface area contributed by atoms with E-state index in [9.17, 15) is 18.3 Å². The maximum atomic E-state index is 14.1. The van der Waals surface area contributed by atoms with Crippen LogP contribution in [0.5, 0.6) is 0 Å². The fourth-order valence-corrected chi connectivity index (χ4v) is 3.03. The lowest BCUT2D eigenvalue weighted by Crippen LogP contribution is -2.11. The Hall–Kier alpha value is -1.89. The molecule has 0 radical (unpaired) electrons. The Morgan fingerprint density at radius 3 is 2.59 bits per heavy atom. The maximum Gasteiger partial charge on any atom is 0.254 e. The number of halogens is 3. The van der Waals surface area contributed by atoms with E-state index < -0.39 is 24.1 Å². The second-order valence-electron chi connectivity index (χ2n) is 5.92. The Kier molecular flexibility index (Phi) is 2.84. The van der Waals surface area contributed by atoms with Crippen molar-refractivity contribution in [2.75, 3.05) is 0 Å². The molecule has 0 saturated heterocycles.